The van der Waals surface area contributed by atoms with Gasteiger partial charge in [-0.3, -0.25) is 0 Å². The lowest BCUT2D eigenvalue weighted by molar-refractivity contribution is -0.135. The Hall–Kier alpha value is -0.290. The fraction of sp³-hybridized carbons (Fsp3) is 1.00. The molecule has 0 radical (unpaired) electrons. The molecule has 0 aromatic heterocycles. The Morgan fingerprint density at radius 1 is 0.731 bits per heavy atom. The molecule has 26 heavy (non-hydrogen) atoms. The molecule has 0 spiro atoms. The van der Waals surface area contributed by atoms with Crippen molar-refractivity contribution >= 4 is 0 Å². The van der Waals surface area contributed by atoms with E-state index in [1.807, 2.05) is 0 Å². The lowest BCUT2D eigenvalue weighted by atomic mass is 10.0. The zero-order chi connectivity index (χ0) is 18.9. The number of hydrogen-bond donors (Lipinski definition) is 0. The van der Waals surface area contributed by atoms with Gasteiger partial charge < -0.3 is 9.47 Å². The van der Waals surface area contributed by atoms with Crippen molar-refractivity contribution < 1.29 is 22.6 Å². The maximum Gasteiger partial charge on any atom is 0.389 e. The average molecular weight is 381 g/mol. The third-order valence-corrected chi connectivity index (χ3v) is 5.08. The summed E-state index contributed by atoms with van der Waals surface area (Å²) in [6, 6.07) is 0. The molecule has 0 saturated carbocycles. The second-order valence-corrected chi connectivity index (χ2v) is 7.67. The molecule has 2 nitrogen and oxygen atoms in total. The SMILES string of the molecule is FC(F)(F)CCCCCCCCCCCCCCCOCC1CCCO1. The molecular weight excluding hydrogens is 341 g/mol. The van der Waals surface area contributed by atoms with Gasteiger partial charge >= 0.3 is 6.18 Å². The number of rotatable bonds is 17. The molecule has 1 aliphatic rings. The summed E-state index contributed by atoms with van der Waals surface area (Å²) in [5.74, 6) is 0. The highest BCUT2D eigenvalue weighted by molar-refractivity contribution is 4.63. The first-order valence-corrected chi connectivity index (χ1v) is 10.8. The maximum atomic E-state index is 12.0. The van der Waals surface area contributed by atoms with E-state index in [-0.39, 0.29) is 0 Å². The molecule has 0 amide bonds. The predicted octanol–water partition coefficient (Wildman–Crippen LogP) is 7.21. The first-order chi connectivity index (χ1) is 12.6. The van der Waals surface area contributed by atoms with Crippen molar-refractivity contribution in [3.63, 3.8) is 0 Å². The van der Waals surface area contributed by atoms with Crippen LogP contribution >= 0.6 is 0 Å². The van der Waals surface area contributed by atoms with Crippen molar-refractivity contribution in [3.8, 4) is 0 Å². The van der Waals surface area contributed by atoms with Crippen LogP contribution in [0.25, 0.3) is 0 Å². The zero-order valence-corrected chi connectivity index (χ0v) is 16.5. The third kappa shape index (κ3) is 15.9. The van der Waals surface area contributed by atoms with E-state index in [0.717, 1.165) is 51.9 Å². The molecular formula is C21H39F3O2. The van der Waals surface area contributed by atoms with Crippen molar-refractivity contribution in [1.29, 1.82) is 0 Å². The zero-order valence-electron chi connectivity index (χ0n) is 16.5. The van der Waals surface area contributed by atoms with Gasteiger partial charge in [-0.2, -0.15) is 13.2 Å². The van der Waals surface area contributed by atoms with Crippen molar-refractivity contribution in [2.45, 2.75) is 115 Å². The smallest absolute Gasteiger partial charge is 0.379 e. The second kappa shape index (κ2) is 15.7. The largest absolute Gasteiger partial charge is 0.389 e. The Morgan fingerprint density at radius 3 is 1.69 bits per heavy atom. The molecule has 1 saturated heterocycles. The Balaban J connectivity index is 1.66. The summed E-state index contributed by atoms with van der Waals surface area (Å²) in [6.07, 6.45) is 12.4. The molecule has 0 aromatic rings. The van der Waals surface area contributed by atoms with Gasteiger partial charge in [0.15, 0.2) is 0 Å². The molecule has 0 aromatic carbocycles. The Morgan fingerprint density at radius 2 is 1.23 bits per heavy atom. The summed E-state index contributed by atoms with van der Waals surface area (Å²) >= 11 is 0. The van der Waals surface area contributed by atoms with Crippen LogP contribution in [0.4, 0.5) is 13.2 Å². The van der Waals surface area contributed by atoms with E-state index in [4.69, 9.17) is 9.47 Å². The topological polar surface area (TPSA) is 18.5 Å². The summed E-state index contributed by atoms with van der Waals surface area (Å²) in [6.45, 7) is 2.53. The number of hydrogen-bond acceptors (Lipinski definition) is 2. The van der Waals surface area contributed by atoms with Crippen LogP contribution in [0.15, 0.2) is 0 Å². The lowest BCUT2D eigenvalue weighted by Crippen LogP contribution is -2.14. The number of ether oxygens (including phenoxy) is 2. The molecule has 1 aliphatic heterocycles. The van der Waals surface area contributed by atoms with Crippen LogP contribution in [0.5, 0.6) is 0 Å². The van der Waals surface area contributed by atoms with Gasteiger partial charge in [-0.15, -0.1) is 0 Å². The summed E-state index contributed by atoms with van der Waals surface area (Å²) in [5, 5.41) is 0. The van der Waals surface area contributed by atoms with Gasteiger partial charge in [0.25, 0.3) is 0 Å². The molecule has 1 fully saturated rings. The molecule has 1 heterocycles. The first-order valence-electron chi connectivity index (χ1n) is 10.8. The standard InChI is InChI=1S/C21H39F3O2/c22-21(23,24)16-12-10-8-6-4-2-1-3-5-7-9-11-13-17-25-19-20-15-14-18-26-20/h20H,1-19H2. The van der Waals surface area contributed by atoms with E-state index in [1.165, 1.54) is 57.8 Å². The van der Waals surface area contributed by atoms with Gasteiger partial charge in [-0.05, 0) is 25.7 Å². The molecule has 0 N–H and O–H groups in total. The van der Waals surface area contributed by atoms with Crippen molar-refractivity contribution in [2.24, 2.45) is 0 Å². The van der Waals surface area contributed by atoms with E-state index in [1.54, 1.807) is 0 Å². The molecule has 156 valence electrons. The predicted molar refractivity (Wildman–Crippen MR) is 100 cm³/mol. The minimum absolute atomic E-state index is 0.295. The second-order valence-electron chi connectivity index (χ2n) is 7.67. The Labute approximate surface area is 158 Å². The van der Waals surface area contributed by atoms with E-state index >= 15 is 0 Å². The van der Waals surface area contributed by atoms with Crippen LogP contribution in [0.3, 0.4) is 0 Å². The van der Waals surface area contributed by atoms with Crippen LogP contribution in [0.2, 0.25) is 0 Å². The fourth-order valence-corrected chi connectivity index (χ4v) is 3.46. The van der Waals surface area contributed by atoms with E-state index < -0.39 is 12.6 Å². The minimum Gasteiger partial charge on any atom is -0.379 e. The van der Waals surface area contributed by atoms with Crippen molar-refractivity contribution in [3.05, 3.63) is 0 Å². The minimum atomic E-state index is -3.97. The molecule has 1 atom stereocenters. The Bertz CT molecular complexity index is 302. The van der Waals surface area contributed by atoms with Crippen LogP contribution < -0.4 is 0 Å². The Kier molecular flexibility index (Phi) is 14.4. The molecule has 1 rings (SSSR count). The highest BCUT2D eigenvalue weighted by Gasteiger charge is 2.25. The number of alkyl halides is 3. The highest BCUT2D eigenvalue weighted by atomic mass is 19.4. The van der Waals surface area contributed by atoms with E-state index in [2.05, 4.69) is 0 Å². The average Bonchev–Trinajstić information content (AvgIpc) is 3.10. The quantitative estimate of drug-likeness (QED) is 0.248. The van der Waals surface area contributed by atoms with Crippen LogP contribution in [0.1, 0.15) is 103 Å². The third-order valence-electron chi connectivity index (χ3n) is 5.08. The molecule has 1 unspecified atom stereocenters. The number of unbranched alkanes of at least 4 members (excludes halogenated alkanes) is 12. The van der Waals surface area contributed by atoms with Crippen LogP contribution in [0, 0.1) is 0 Å². The van der Waals surface area contributed by atoms with Gasteiger partial charge in [-0.25, -0.2) is 0 Å². The van der Waals surface area contributed by atoms with Gasteiger partial charge in [0.05, 0.1) is 12.7 Å². The summed E-state index contributed by atoms with van der Waals surface area (Å²) in [5.41, 5.74) is 0. The lowest BCUT2D eigenvalue weighted by Gasteiger charge is -2.09. The normalized spacial score (nSPS) is 17.9. The number of halogens is 3. The van der Waals surface area contributed by atoms with E-state index in [9.17, 15) is 13.2 Å². The van der Waals surface area contributed by atoms with Gasteiger partial charge in [0, 0.05) is 19.6 Å². The molecule has 0 aliphatic carbocycles. The van der Waals surface area contributed by atoms with Crippen LogP contribution in [-0.2, 0) is 9.47 Å². The van der Waals surface area contributed by atoms with Crippen LogP contribution in [-0.4, -0.2) is 32.1 Å². The summed E-state index contributed by atoms with van der Waals surface area (Å²) in [7, 11) is 0. The van der Waals surface area contributed by atoms with Crippen molar-refractivity contribution in [1.82, 2.24) is 0 Å². The highest BCUT2D eigenvalue weighted by Crippen LogP contribution is 2.23. The van der Waals surface area contributed by atoms with Gasteiger partial charge in [0.2, 0.25) is 0 Å². The maximum absolute atomic E-state index is 12.0. The summed E-state index contributed by atoms with van der Waals surface area (Å²) < 4.78 is 47.1. The van der Waals surface area contributed by atoms with Gasteiger partial charge in [-0.1, -0.05) is 70.6 Å². The molecule has 0 bridgehead atoms. The fourth-order valence-electron chi connectivity index (χ4n) is 3.46. The summed E-state index contributed by atoms with van der Waals surface area (Å²) in [4.78, 5) is 0. The van der Waals surface area contributed by atoms with Gasteiger partial charge in [0.1, 0.15) is 0 Å². The first kappa shape index (κ1) is 23.7. The molecule has 5 heteroatoms. The van der Waals surface area contributed by atoms with E-state index in [0.29, 0.717) is 12.5 Å². The monoisotopic (exact) mass is 380 g/mol. The van der Waals surface area contributed by atoms with Crippen molar-refractivity contribution in [2.75, 3.05) is 19.8 Å².